The minimum absolute atomic E-state index is 0.382. The van der Waals surface area contributed by atoms with Crippen LogP contribution in [0.4, 0.5) is 0 Å². The molecule has 2 unspecified atom stereocenters. The van der Waals surface area contributed by atoms with Crippen LogP contribution in [0.2, 0.25) is 0 Å². The molecular formula is C14H27N3. The molecule has 1 fully saturated rings. The van der Waals surface area contributed by atoms with E-state index in [1.165, 1.54) is 19.4 Å². The van der Waals surface area contributed by atoms with Gasteiger partial charge < -0.3 is 4.90 Å². The molecule has 2 atom stereocenters. The van der Waals surface area contributed by atoms with Gasteiger partial charge in [0.1, 0.15) is 5.54 Å². The third-order valence-corrected chi connectivity index (χ3v) is 3.71. The molecule has 3 nitrogen and oxygen atoms in total. The van der Waals surface area contributed by atoms with E-state index in [4.69, 9.17) is 0 Å². The highest BCUT2D eigenvalue weighted by Gasteiger charge is 2.29. The Morgan fingerprint density at radius 3 is 2.65 bits per heavy atom. The Hall–Kier alpha value is -0.590. The summed E-state index contributed by atoms with van der Waals surface area (Å²) in [5, 5.41) is 12.7. The van der Waals surface area contributed by atoms with Crippen molar-refractivity contribution in [3.05, 3.63) is 0 Å². The molecule has 0 aliphatic heterocycles. The molecule has 0 aromatic heterocycles. The number of nitrogens with zero attached hydrogens (tertiary/aromatic N) is 2. The Morgan fingerprint density at radius 2 is 2.18 bits per heavy atom. The zero-order valence-corrected chi connectivity index (χ0v) is 11.8. The van der Waals surface area contributed by atoms with Gasteiger partial charge in [0, 0.05) is 12.6 Å². The van der Waals surface area contributed by atoms with E-state index >= 15 is 0 Å². The standard InChI is InChI=1S/C14H27N3/c1-5-8-16-14(3,11-15)9-12(2)17(4)10-13-6-7-13/h12-13,16H,5-10H2,1-4H3. The molecule has 1 aliphatic carbocycles. The van der Waals surface area contributed by atoms with Crippen molar-refractivity contribution in [3.8, 4) is 6.07 Å². The normalized spacial score (nSPS) is 20.9. The molecule has 1 aliphatic rings. The first kappa shape index (κ1) is 14.5. The molecule has 1 N–H and O–H groups in total. The number of hydrogen-bond donors (Lipinski definition) is 1. The summed E-state index contributed by atoms with van der Waals surface area (Å²) >= 11 is 0. The van der Waals surface area contributed by atoms with E-state index in [-0.39, 0.29) is 5.54 Å². The first-order chi connectivity index (χ1) is 8.00. The molecule has 1 rings (SSSR count). The largest absolute Gasteiger partial charge is 0.303 e. The third kappa shape index (κ3) is 5.06. The maximum absolute atomic E-state index is 9.31. The van der Waals surface area contributed by atoms with Crippen LogP contribution < -0.4 is 5.32 Å². The van der Waals surface area contributed by atoms with Crippen molar-refractivity contribution in [2.75, 3.05) is 20.1 Å². The van der Waals surface area contributed by atoms with Crippen LogP contribution in [0.25, 0.3) is 0 Å². The van der Waals surface area contributed by atoms with E-state index < -0.39 is 0 Å². The second-order valence-electron chi connectivity index (χ2n) is 5.81. The monoisotopic (exact) mass is 237 g/mol. The van der Waals surface area contributed by atoms with Gasteiger partial charge in [-0.1, -0.05) is 6.92 Å². The number of nitrogens with one attached hydrogen (secondary N) is 1. The van der Waals surface area contributed by atoms with Crippen LogP contribution in [0, 0.1) is 17.2 Å². The predicted molar refractivity (Wildman–Crippen MR) is 71.7 cm³/mol. The molecule has 3 heteroatoms. The summed E-state index contributed by atoms with van der Waals surface area (Å²) in [6.45, 7) is 8.49. The lowest BCUT2D eigenvalue weighted by atomic mass is 9.94. The van der Waals surface area contributed by atoms with Crippen molar-refractivity contribution in [1.29, 1.82) is 5.26 Å². The van der Waals surface area contributed by atoms with Gasteiger partial charge in [-0.05, 0) is 59.0 Å². The molecule has 0 radical (unpaired) electrons. The second-order valence-corrected chi connectivity index (χ2v) is 5.81. The van der Waals surface area contributed by atoms with Crippen molar-refractivity contribution < 1.29 is 0 Å². The Labute approximate surface area is 106 Å². The number of rotatable bonds is 8. The van der Waals surface area contributed by atoms with Crippen LogP contribution in [0.1, 0.15) is 46.5 Å². The van der Waals surface area contributed by atoms with Crippen LogP contribution in [0.3, 0.4) is 0 Å². The summed E-state index contributed by atoms with van der Waals surface area (Å²) in [4.78, 5) is 2.40. The Bertz CT molecular complexity index is 267. The quantitative estimate of drug-likeness (QED) is 0.704. The Balaban J connectivity index is 2.39. The lowest BCUT2D eigenvalue weighted by Gasteiger charge is -2.32. The molecule has 17 heavy (non-hydrogen) atoms. The average Bonchev–Trinajstić information content (AvgIpc) is 3.10. The van der Waals surface area contributed by atoms with Gasteiger partial charge in [0.15, 0.2) is 0 Å². The number of nitriles is 1. The van der Waals surface area contributed by atoms with Crippen molar-refractivity contribution in [3.63, 3.8) is 0 Å². The highest BCUT2D eigenvalue weighted by atomic mass is 15.1. The van der Waals surface area contributed by atoms with Crippen molar-refractivity contribution in [2.24, 2.45) is 5.92 Å². The predicted octanol–water partition coefficient (Wildman–Crippen LogP) is 2.39. The van der Waals surface area contributed by atoms with E-state index in [0.717, 1.165) is 25.3 Å². The Morgan fingerprint density at radius 1 is 1.53 bits per heavy atom. The fourth-order valence-corrected chi connectivity index (χ4v) is 2.19. The highest BCUT2D eigenvalue weighted by Crippen LogP contribution is 2.30. The summed E-state index contributed by atoms with van der Waals surface area (Å²) in [7, 11) is 2.18. The molecular weight excluding hydrogens is 210 g/mol. The molecule has 0 aromatic carbocycles. The van der Waals surface area contributed by atoms with Gasteiger partial charge in [0.05, 0.1) is 6.07 Å². The molecule has 98 valence electrons. The van der Waals surface area contributed by atoms with E-state index in [1.54, 1.807) is 0 Å². The number of hydrogen-bond acceptors (Lipinski definition) is 3. The van der Waals surface area contributed by atoms with Gasteiger partial charge in [-0.25, -0.2) is 0 Å². The summed E-state index contributed by atoms with van der Waals surface area (Å²) in [5.41, 5.74) is -0.382. The molecule has 0 heterocycles. The van der Waals surface area contributed by atoms with Crippen LogP contribution in [-0.2, 0) is 0 Å². The summed E-state index contributed by atoms with van der Waals surface area (Å²) < 4.78 is 0. The van der Waals surface area contributed by atoms with E-state index in [1.807, 2.05) is 6.92 Å². The van der Waals surface area contributed by atoms with Gasteiger partial charge in [-0.2, -0.15) is 5.26 Å². The zero-order chi connectivity index (χ0) is 12.9. The molecule has 0 amide bonds. The molecule has 1 saturated carbocycles. The molecule has 0 spiro atoms. The van der Waals surface area contributed by atoms with Gasteiger partial charge in [-0.15, -0.1) is 0 Å². The summed E-state index contributed by atoms with van der Waals surface area (Å²) in [6.07, 6.45) is 4.75. The molecule has 0 bridgehead atoms. The highest BCUT2D eigenvalue weighted by molar-refractivity contribution is 5.05. The zero-order valence-electron chi connectivity index (χ0n) is 11.8. The second kappa shape index (κ2) is 6.37. The first-order valence-electron chi connectivity index (χ1n) is 6.87. The summed E-state index contributed by atoms with van der Waals surface area (Å²) in [5.74, 6) is 0.916. The van der Waals surface area contributed by atoms with E-state index in [9.17, 15) is 5.26 Å². The van der Waals surface area contributed by atoms with Crippen LogP contribution >= 0.6 is 0 Å². The third-order valence-electron chi connectivity index (χ3n) is 3.71. The van der Waals surface area contributed by atoms with Gasteiger partial charge in [-0.3, -0.25) is 5.32 Å². The van der Waals surface area contributed by atoms with Crippen molar-refractivity contribution in [1.82, 2.24) is 10.2 Å². The van der Waals surface area contributed by atoms with Gasteiger partial charge in [0.25, 0.3) is 0 Å². The summed E-state index contributed by atoms with van der Waals surface area (Å²) in [6, 6.07) is 2.89. The molecule has 0 saturated heterocycles. The minimum atomic E-state index is -0.382. The maximum Gasteiger partial charge on any atom is 0.105 e. The maximum atomic E-state index is 9.31. The minimum Gasteiger partial charge on any atom is -0.303 e. The first-order valence-corrected chi connectivity index (χ1v) is 6.87. The van der Waals surface area contributed by atoms with Crippen molar-refractivity contribution >= 4 is 0 Å². The lowest BCUT2D eigenvalue weighted by molar-refractivity contribution is 0.206. The van der Waals surface area contributed by atoms with E-state index in [0.29, 0.717) is 6.04 Å². The Kier molecular flexibility index (Phi) is 5.42. The van der Waals surface area contributed by atoms with Gasteiger partial charge >= 0.3 is 0 Å². The SMILES string of the molecule is CCCNC(C)(C#N)CC(C)N(C)CC1CC1. The average molecular weight is 237 g/mol. The van der Waals surface area contributed by atoms with Crippen LogP contribution in [0.15, 0.2) is 0 Å². The van der Waals surface area contributed by atoms with Crippen molar-refractivity contribution in [2.45, 2.75) is 58.0 Å². The topological polar surface area (TPSA) is 39.1 Å². The van der Waals surface area contributed by atoms with Crippen LogP contribution in [-0.4, -0.2) is 36.6 Å². The fourth-order valence-electron chi connectivity index (χ4n) is 2.19. The lowest BCUT2D eigenvalue weighted by Crippen LogP contribution is -2.47. The van der Waals surface area contributed by atoms with E-state index in [2.05, 4.69) is 37.2 Å². The smallest absolute Gasteiger partial charge is 0.105 e. The van der Waals surface area contributed by atoms with Gasteiger partial charge in [0.2, 0.25) is 0 Å². The van der Waals surface area contributed by atoms with Crippen LogP contribution in [0.5, 0.6) is 0 Å². The molecule has 0 aromatic rings. The fraction of sp³-hybridized carbons (Fsp3) is 0.929.